The van der Waals surface area contributed by atoms with Gasteiger partial charge in [0.25, 0.3) is 0 Å². The molecule has 0 spiro atoms. The Morgan fingerprint density at radius 3 is 2.90 bits per heavy atom. The molecule has 20 heavy (non-hydrogen) atoms. The van der Waals surface area contributed by atoms with Gasteiger partial charge in [0, 0.05) is 24.0 Å². The van der Waals surface area contributed by atoms with E-state index in [4.69, 9.17) is 10.7 Å². The van der Waals surface area contributed by atoms with E-state index in [1.165, 1.54) is 35.0 Å². The van der Waals surface area contributed by atoms with E-state index in [0.717, 1.165) is 31.8 Å². The molecule has 3 rings (SSSR count). The first kappa shape index (κ1) is 14.3. The predicted molar refractivity (Wildman–Crippen MR) is 86.4 cm³/mol. The van der Waals surface area contributed by atoms with Crippen molar-refractivity contribution in [3.8, 4) is 0 Å². The van der Waals surface area contributed by atoms with Crippen molar-refractivity contribution < 1.29 is 0 Å². The largest absolute Gasteiger partial charge is 0.348 e. The number of fused-ring (bicyclic) bond motifs is 1. The molecule has 2 heterocycles. The molecule has 2 atom stereocenters. The summed E-state index contributed by atoms with van der Waals surface area (Å²) in [6.45, 7) is 9.31. The van der Waals surface area contributed by atoms with E-state index >= 15 is 0 Å². The first-order valence-corrected chi connectivity index (χ1v) is 8.76. The maximum Gasteiger partial charge on any atom is 0.185 e. The minimum atomic E-state index is 0.186. The van der Waals surface area contributed by atoms with Crippen LogP contribution in [0.1, 0.15) is 63.1 Å². The summed E-state index contributed by atoms with van der Waals surface area (Å²) in [5, 5.41) is 1.22. The molecule has 2 aliphatic rings. The van der Waals surface area contributed by atoms with Crippen molar-refractivity contribution in [2.24, 2.45) is 17.1 Å². The second kappa shape index (κ2) is 5.30. The minimum Gasteiger partial charge on any atom is -0.348 e. The summed E-state index contributed by atoms with van der Waals surface area (Å²) in [6.07, 6.45) is 6.11. The summed E-state index contributed by atoms with van der Waals surface area (Å²) in [7, 11) is 0. The third-order valence-corrected chi connectivity index (χ3v) is 6.05. The quantitative estimate of drug-likeness (QED) is 0.857. The summed E-state index contributed by atoms with van der Waals surface area (Å²) >= 11 is 1.85. The lowest BCUT2D eigenvalue weighted by Crippen LogP contribution is -2.28. The first-order valence-electron chi connectivity index (χ1n) is 7.95. The Bertz CT molecular complexity index is 480. The van der Waals surface area contributed by atoms with Gasteiger partial charge in [0.1, 0.15) is 0 Å². The smallest absolute Gasteiger partial charge is 0.185 e. The van der Waals surface area contributed by atoms with E-state index in [1.54, 1.807) is 0 Å². The monoisotopic (exact) mass is 293 g/mol. The van der Waals surface area contributed by atoms with Crippen LogP contribution in [0.4, 0.5) is 5.13 Å². The van der Waals surface area contributed by atoms with E-state index in [9.17, 15) is 0 Å². The SMILES string of the molecule is CC1CCCN(c2nc3c(s2)C(N)CC(C)(C)C3)CC1. The number of hydrogen-bond donors (Lipinski definition) is 1. The van der Waals surface area contributed by atoms with Crippen molar-refractivity contribution in [3.05, 3.63) is 10.6 Å². The standard InChI is InChI=1S/C16H27N3S/c1-11-5-4-7-19(8-6-11)15-18-13-10-16(2,3)9-12(17)14(13)20-15/h11-12H,4-10,17H2,1-3H3. The van der Waals surface area contributed by atoms with E-state index in [-0.39, 0.29) is 6.04 Å². The highest BCUT2D eigenvalue weighted by molar-refractivity contribution is 7.15. The summed E-state index contributed by atoms with van der Waals surface area (Å²) < 4.78 is 0. The Balaban J connectivity index is 1.82. The molecule has 2 unspecified atom stereocenters. The fraction of sp³-hybridized carbons (Fsp3) is 0.812. The Morgan fingerprint density at radius 1 is 1.30 bits per heavy atom. The van der Waals surface area contributed by atoms with Gasteiger partial charge in [-0.1, -0.05) is 32.1 Å². The van der Waals surface area contributed by atoms with Gasteiger partial charge in [-0.3, -0.25) is 0 Å². The molecule has 2 N–H and O–H groups in total. The van der Waals surface area contributed by atoms with Crippen molar-refractivity contribution in [3.63, 3.8) is 0 Å². The van der Waals surface area contributed by atoms with Crippen LogP contribution in [0.3, 0.4) is 0 Å². The minimum absolute atomic E-state index is 0.186. The van der Waals surface area contributed by atoms with Crippen LogP contribution in [0.15, 0.2) is 0 Å². The number of nitrogens with two attached hydrogens (primary N) is 1. The van der Waals surface area contributed by atoms with Gasteiger partial charge in [0.05, 0.1) is 5.69 Å². The van der Waals surface area contributed by atoms with Crippen LogP contribution in [-0.4, -0.2) is 18.1 Å². The summed E-state index contributed by atoms with van der Waals surface area (Å²) in [6, 6.07) is 0.186. The second-order valence-corrected chi connectivity index (χ2v) is 8.49. The van der Waals surface area contributed by atoms with Crippen LogP contribution < -0.4 is 10.6 Å². The average Bonchev–Trinajstić information content (AvgIpc) is 2.63. The van der Waals surface area contributed by atoms with Crippen molar-refractivity contribution in [1.82, 2.24) is 4.98 Å². The van der Waals surface area contributed by atoms with Gasteiger partial charge in [0.15, 0.2) is 5.13 Å². The van der Waals surface area contributed by atoms with Gasteiger partial charge in [-0.2, -0.15) is 0 Å². The van der Waals surface area contributed by atoms with Crippen molar-refractivity contribution in [1.29, 1.82) is 0 Å². The normalized spacial score (nSPS) is 29.9. The number of nitrogens with zero attached hydrogens (tertiary/aromatic N) is 2. The van der Waals surface area contributed by atoms with E-state index in [1.807, 2.05) is 11.3 Å². The van der Waals surface area contributed by atoms with Crippen LogP contribution in [-0.2, 0) is 6.42 Å². The van der Waals surface area contributed by atoms with Gasteiger partial charge in [-0.25, -0.2) is 4.98 Å². The highest BCUT2D eigenvalue weighted by atomic mass is 32.1. The molecule has 1 aliphatic heterocycles. The molecular weight excluding hydrogens is 266 g/mol. The number of aromatic nitrogens is 1. The van der Waals surface area contributed by atoms with Crippen LogP contribution in [0.25, 0.3) is 0 Å². The molecule has 1 aromatic rings. The van der Waals surface area contributed by atoms with Gasteiger partial charge in [0.2, 0.25) is 0 Å². The van der Waals surface area contributed by atoms with E-state index < -0.39 is 0 Å². The first-order chi connectivity index (χ1) is 9.44. The van der Waals surface area contributed by atoms with Gasteiger partial charge in [-0.05, 0) is 43.4 Å². The van der Waals surface area contributed by atoms with Crippen LogP contribution in [0.2, 0.25) is 0 Å². The lowest BCUT2D eigenvalue weighted by atomic mass is 9.77. The van der Waals surface area contributed by atoms with Crippen LogP contribution >= 0.6 is 11.3 Å². The number of thiazole rings is 1. The summed E-state index contributed by atoms with van der Waals surface area (Å²) in [4.78, 5) is 8.79. The molecule has 1 fully saturated rings. The van der Waals surface area contributed by atoms with Crippen LogP contribution in [0, 0.1) is 11.3 Å². The van der Waals surface area contributed by atoms with Gasteiger partial charge < -0.3 is 10.6 Å². The highest BCUT2D eigenvalue weighted by Gasteiger charge is 2.34. The molecule has 3 nitrogen and oxygen atoms in total. The molecule has 1 aromatic heterocycles. The zero-order valence-electron chi connectivity index (χ0n) is 13.0. The number of hydrogen-bond acceptors (Lipinski definition) is 4. The maximum atomic E-state index is 6.37. The third-order valence-electron chi connectivity index (χ3n) is 4.76. The fourth-order valence-electron chi connectivity index (χ4n) is 3.57. The van der Waals surface area contributed by atoms with E-state index in [2.05, 4.69) is 25.7 Å². The fourth-order valence-corrected chi connectivity index (χ4v) is 4.70. The van der Waals surface area contributed by atoms with Crippen molar-refractivity contribution >= 4 is 16.5 Å². The molecule has 0 bridgehead atoms. The molecule has 0 radical (unpaired) electrons. The lowest BCUT2D eigenvalue weighted by molar-refractivity contribution is 0.282. The Morgan fingerprint density at radius 2 is 2.10 bits per heavy atom. The molecule has 0 amide bonds. The molecule has 0 saturated carbocycles. The molecule has 0 aromatic carbocycles. The third kappa shape index (κ3) is 2.86. The zero-order chi connectivity index (χ0) is 14.3. The second-order valence-electron chi connectivity index (χ2n) is 7.48. The Kier molecular flexibility index (Phi) is 3.80. The number of rotatable bonds is 1. The number of anilines is 1. The topological polar surface area (TPSA) is 42.2 Å². The Hall–Kier alpha value is -0.610. The molecule has 1 saturated heterocycles. The van der Waals surface area contributed by atoms with Gasteiger partial charge in [-0.15, -0.1) is 0 Å². The van der Waals surface area contributed by atoms with Crippen LogP contribution in [0.5, 0.6) is 0 Å². The molecule has 4 heteroatoms. The average molecular weight is 293 g/mol. The predicted octanol–water partition coefficient (Wildman–Crippen LogP) is 3.74. The highest BCUT2D eigenvalue weighted by Crippen LogP contribution is 2.43. The lowest BCUT2D eigenvalue weighted by Gasteiger charge is -2.32. The van der Waals surface area contributed by atoms with Crippen molar-refractivity contribution in [2.45, 2.75) is 58.9 Å². The molecule has 1 aliphatic carbocycles. The van der Waals surface area contributed by atoms with E-state index in [0.29, 0.717) is 5.41 Å². The summed E-state index contributed by atoms with van der Waals surface area (Å²) in [5.74, 6) is 0.857. The summed E-state index contributed by atoms with van der Waals surface area (Å²) in [5.41, 5.74) is 7.94. The van der Waals surface area contributed by atoms with Gasteiger partial charge >= 0.3 is 0 Å². The molecule has 112 valence electrons. The maximum absolute atomic E-state index is 6.37. The zero-order valence-corrected chi connectivity index (χ0v) is 13.8. The molecular formula is C16H27N3S. The Labute approximate surface area is 126 Å². The van der Waals surface area contributed by atoms with Crippen molar-refractivity contribution in [2.75, 3.05) is 18.0 Å².